The van der Waals surface area contributed by atoms with Gasteiger partial charge in [0.05, 0.1) is 0 Å². The number of aromatic nitrogens is 1. The van der Waals surface area contributed by atoms with Crippen LogP contribution in [0.3, 0.4) is 0 Å². The van der Waals surface area contributed by atoms with E-state index >= 15 is 0 Å². The summed E-state index contributed by atoms with van der Waals surface area (Å²) in [5, 5.41) is 0. The highest BCUT2D eigenvalue weighted by Crippen LogP contribution is 2.20. The Bertz CT molecular complexity index is 1080. The summed E-state index contributed by atoms with van der Waals surface area (Å²) in [5.74, 6) is -1.12. The van der Waals surface area contributed by atoms with Gasteiger partial charge in [0.2, 0.25) is 5.78 Å². The molecule has 6 heteroatoms. The van der Waals surface area contributed by atoms with Crippen molar-refractivity contribution in [1.29, 1.82) is 0 Å². The van der Waals surface area contributed by atoms with Gasteiger partial charge in [-0.3, -0.25) is 19.4 Å². The molecule has 0 radical (unpaired) electrons. The maximum absolute atomic E-state index is 12.9. The number of ketones is 1. The minimum Gasteiger partial charge on any atom is -0.335 e. The molecule has 0 aliphatic carbocycles. The van der Waals surface area contributed by atoms with Crippen molar-refractivity contribution in [3.05, 3.63) is 90.3 Å². The molecule has 31 heavy (non-hydrogen) atoms. The largest absolute Gasteiger partial charge is 0.335 e. The van der Waals surface area contributed by atoms with Gasteiger partial charge in [0.15, 0.2) is 0 Å². The van der Waals surface area contributed by atoms with E-state index in [1.165, 1.54) is 0 Å². The van der Waals surface area contributed by atoms with Gasteiger partial charge in [-0.2, -0.15) is 0 Å². The van der Waals surface area contributed by atoms with Crippen LogP contribution in [-0.4, -0.2) is 58.1 Å². The highest BCUT2D eigenvalue weighted by Gasteiger charge is 2.33. The van der Waals surface area contributed by atoms with Crippen molar-refractivity contribution in [1.82, 2.24) is 14.8 Å². The van der Waals surface area contributed by atoms with E-state index in [2.05, 4.69) is 4.98 Å². The first kappa shape index (κ1) is 20.5. The zero-order valence-corrected chi connectivity index (χ0v) is 17.3. The van der Waals surface area contributed by atoms with E-state index in [1.54, 1.807) is 46.5 Å². The van der Waals surface area contributed by atoms with E-state index in [1.807, 2.05) is 49.4 Å². The second-order valence-corrected chi connectivity index (χ2v) is 7.61. The fraction of sp³-hybridized carbons (Fsp3) is 0.200. The molecule has 0 N–H and O–H groups in total. The lowest BCUT2D eigenvalue weighted by atomic mass is 10.0. The van der Waals surface area contributed by atoms with Gasteiger partial charge in [-0.05, 0) is 42.3 Å². The first-order chi connectivity index (χ1) is 15.0. The van der Waals surface area contributed by atoms with E-state index in [4.69, 9.17) is 0 Å². The van der Waals surface area contributed by atoms with E-state index in [9.17, 15) is 14.4 Å². The third-order valence-corrected chi connectivity index (χ3v) is 5.55. The monoisotopic (exact) mass is 413 g/mol. The van der Waals surface area contributed by atoms with Crippen LogP contribution in [0.25, 0.3) is 11.1 Å². The molecule has 0 bridgehead atoms. The van der Waals surface area contributed by atoms with Gasteiger partial charge in [-0.15, -0.1) is 0 Å². The van der Waals surface area contributed by atoms with Gasteiger partial charge >= 0.3 is 0 Å². The number of hydrogen-bond acceptors (Lipinski definition) is 4. The molecular weight excluding hydrogens is 390 g/mol. The molecule has 3 aromatic rings. The number of amides is 2. The van der Waals surface area contributed by atoms with E-state index in [0.29, 0.717) is 30.8 Å². The molecule has 6 nitrogen and oxygen atoms in total. The van der Waals surface area contributed by atoms with Gasteiger partial charge in [-0.25, -0.2) is 0 Å². The van der Waals surface area contributed by atoms with E-state index in [-0.39, 0.29) is 11.9 Å². The smallest absolute Gasteiger partial charge is 0.295 e. The summed E-state index contributed by atoms with van der Waals surface area (Å²) >= 11 is 0. The number of benzene rings is 2. The van der Waals surface area contributed by atoms with Crippen molar-refractivity contribution < 1.29 is 14.4 Å². The number of Topliss-reactive ketones (excluding diaryl/α,β-unsaturated/α-hetero) is 1. The van der Waals surface area contributed by atoms with Crippen LogP contribution in [-0.2, 0) is 4.79 Å². The Morgan fingerprint density at radius 3 is 2.10 bits per heavy atom. The molecule has 1 aliphatic heterocycles. The first-order valence-corrected chi connectivity index (χ1v) is 10.2. The summed E-state index contributed by atoms with van der Waals surface area (Å²) in [7, 11) is 0. The average Bonchev–Trinajstić information content (AvgIpc) is 2.84. The predicted octanol–water partition coefficient (Wildman–Crippen LogP) is 3.30. The molecule has 2 amide bonds. The summed E-state index contributed by atoms with van der Waals surface area (Å²) in [6, 6.07) is 19.6. The lowest BCUT2D eigenvalue weighted by Crippen LogP contribution is -2.56. The normalized spacial score (nSPS) is 16.1. The molecule has 156 valence electrons. The summed E-state index contributed by atoms with van der Waals surface area (Å²) in [5.41, 5.74) is 2.93. The molecule has 0 spiro atoms. The Kier molecular flexibility index (Phi) is 5.89. The fourth-order valence-electron chi connectivity index (χ4n) is 3.82. The quantitative estimate of drug-likeness (QED) is 0.486. The van der Waals surface area contributed by atoms with Gasteiger partial charge in [0, 0.05) is 49.2 Å². The molecule has 1 fully saturated rings. The van der Waals surface area contributed by atoms with Crippen LogP contribution in [0.15, 0.2) is 79.1 Å². The van der Waals surface area contributed by atoms with Crippen molar-refractivity contribution in [2.24, 2.45) is 0 Å². The van der Waals surface area contributed by atoms with Crippen LogP contribution in [0, 0.1) is 0 Å². The molecule has 2 aromatic carbocycles. The molecule has 2 heterocycles. The van der Waals surface area contributed by atoms with Crippen molar-refractivity contribution in [3.8, 4) is 11.1 Å². The second kappa shape index (κ2) is 8.92. The Balaban J connectivity index is 1.41. The van der Waals surface area contributed by atoms with Crippen molar-refractivity contribution in [3.63, 3.8) is 0 Å². The highest BCUT2D eigenvalue weighted by molar-refractivity contribution is 6.42. The Morgan fingerprint density at radius 1 is 0.806 bits per heavy atom. The first-order valence-electron chi connectivity index (χ1n) is 10.2. The molecule has 0 saturated carbocycles. The number of piperazine rings is 1. The summed E-state index contributed by atoms with van der Waals surface area (Å²) in [6.07, 6.45) is 3.42. The second-order valence-electron chi connectivity index (χ2n) is 7.61. The zero-order chi connectivity index (χ0) is 21.8. The van der Waals surface area contributed by atoms with Crippen LogP contribution < -0.4 is 0 Å². The molecule has 4 rings (SSSR count). The van der Waals surface area contributed by atoms with Crippen LogP contribution in [0.5, 0.6) is 0 Å². The third-order valence-electron chi connectivity index (χ3n) is 5.55. The summed E-state index contributed by atoms with van der Waals surface area (Å²) in [4.78, 5) is 45.6. The summed E-state index contributed by atoms with van der Waals surface area (Å²) < 4.78 is 0. The van der Waals surface area contributed by atoms with Crippen LogP contribution >= 0.6 is 0 Å². The van der Waals surface area contributed by atoms with Crippen molar-refractivity contribution in [2.45, 2.75) is 13.0 Å². The Hall–Kier alpha value is -3.80. The van der Waals surface area contributed by atoms with Crippen LogP contribution in [0.4, 0.5) is 0 Å². The number of rotatable bonds is 4. The molecule has 0 unspecified atom stereocenters. The van der Waals surface area contributed by atoms with Crippen molar-refractivity contribution >= 4 is 17.6 Å². The molecule has 1 aromatic heterocycles. The van der Waals surface area contributed by atoms with Gasteiger partial charge in [0.1, 0.15) is 0 Å². The fourth-order valence-corrected chi connectivity index (χ4v) is 3.82. The zero-order valence-electron chi connectivity index (χ0n) is 17.3. The number of pyridine rings is 1. The Morgan fingerprint density at radius 2 is 1.45 bits per heavy atom. The topological polar surface area (TPSA) is 70.6 Å². The van der Waals surface area contributed by atoms with Crippen LogP contribution in [0.2, 0.25) is 0 Å². The van der Waals surface area contributed by atoms with Gasteiger partial charge < -0.3 is 9.80 Å². The van der Waals surface area contributed by atoms with E-state index in [0.717, 1.165) is 11.1 Å². The standard InChI is InChI=1S/C25H23N3O3/c1-18-17-27(24(30)22-5-3-2-4-6-22)15-16-28(18)25(31)23(29)21-9-7-19(8-10-21)20-11-13-26-14-12-20/h2-14,18H,15-17H2,1H3/t18-/m1/s1. The lowest BCUT2D eigenvalue weighted by molar-refractivity contribution is -0.130. The molecule has 1 saturated heterocycles. The minimum absolute atomic E-state index is 0.0578. The number of nitrogens with zero attached hydrogens (tertiary/aromatic N) is 3. The molecular formula is C25H23N3O3. The highest BCUT2D eigenvalue weighted by atomic mass is 16.2. The van der Waals surface area contributed by atoms with Gasteiger partial charge in [-0.1, -0.05) is 42.5 Å². The van der Waals surface area contributed by atoms with Gasteiger partial charge in [0.25, 0.3) is 11.8 Å². The number of carbonyl (C=O) groups excluding carboxylic acids is 3. The summed E-state index contributed by atoms with van der Waals surface area (Å²) in [6.45, 7) is 2.99. The lowest BCUT2D eigenvalue weighted by Gasteiger charge is -2.39. The SMILES string of the molecule is C[C@@H]1CN(C(=O)c2ccccc2)CCN1C(=O)C(=O)c1ccc(-c2ccncc2)cc1. The predicted molar refractivity (Wildman–Crippen MR) is 118 cm³/mol. The minimum atomic E-state index is -0.532. The molecule has 1 aliphatic rings. The molecule has 1 atom stereocenters. The third kappa shape index (κ3) is 4.38. The number of hydrogen-bond donors (Lipinski definition) is 0. The van der Waals surface area contributed by atoms with Crippen molar-refractivity contribution in [2.75, 3.05) is 19.6 Å². The van der Waals surface area contributed by atoms with E-state index < -0.39 is 11.7 Å². The maximum Gasteiger partial charge on any atom is 0.295 e. The Labute approximate surface area is 181 Å². The van der Waals surface area contributed by atoms with Crippen LogP contribution in [0.1, 0.15) is 27.6 Å². The number of carbonyl (C=O) groups is 3. The average molecular weight is 413 g/mol. The maximum atomic E-state index is 12.9.